The number of thiocarbonyl (C=S) groups is 1. The van der Waals surface area contributed by atoms with E-state index in [1.807, 2.05) is 0 Å². The highest BCUT2D eigenvalue weighted by atomic mass is 32.2. The van der Waals surface area contributed by atoms with Crippen LogP contribution >= 0.6 is 24.0 Å². The maximum absolute atomic E-state index is 13.2. The molecule has 0 unspecified atom stereocenters. The average Bonchev–Trinajstić information content (AvgIpc) is 3.06. The van der Waals surface area contributed by atoms with E-state index in [9.17, 15) is 14.9 Å². The lowest BCUT2D eigenvalue weighted by molar-refractivity contribution is -0.122. The molecule has 2 aliphatic rings. The Bertz CT molecular complexity index is 1020. The summed E-state index contributed by atoms with van der Waals surface area (Å²) in [5.41, 5.74) is 1.12. The van der Waals surface area contributed by atoms with Crippen molar-refractivity contribution >= 4 is 46.1 Å². The van der Waals surface area contributed by atoms with E-state index in [1.54, 1.807) is 24.7 Å². The van der Waals surface area contributed by atoms with Crippen LogP contribution in [0.25, 0.3) is 6.08 Å². The standard InChI is InChI=1S/C22H28N4O4S2/c1-4-5-6-25-19(24-7-11-30-12-8-24)16(15(2)17(14-23)20(25)27)13-18-21(28)26(9-10-29-3)22(31)32-18/h13H,4-12H2,1-3H3/b18-13+. The van der Waals surface area contributed by atoms with Crippen molar-refractivity contribution in [1.29, 1.82) is 5.26 Å². The number of unbranched alkanes of at least 4 members (excludes halogenated alkanes) is 1. The highest BCUT2D eigenvalue weighted by Gasteiger charge is 2.33. The van der Waals surface area contributed by atoms with Gasteiger partial charge in [-0.15, -0.1) is 0 Å². The zero-order chi connectivity index (χ0) is 23.3. The van der Waals surface area contributed by atoms with E-state index in [4.69, 9.17) is 21.7 Å². The normalized spacial score (nSPS) is 18.0. The van der Waals surface area contributed by atoms with Crippen molar-refractivity contribution in [3.63, 3.8) is 0 Å². The number of nitrogens with zero attached hydrogens (tertiary/aromatic N) is 4. The lowest BCUT2D eigenvalue weighted by Gasteiger charge is -2.33. The number of rotatable bonds is 8. The van der Waals surface area contributed by atoms with Crippen molar-refractivity contribution in [2.45, 2.75) is 33.2 Å². The molecular weight excluding hydrogens is 448 g/mol. The van der Waals surface area contributed by atoms with Gasteiger partial charge in [-0.25, -0.2) is 0 Å². The molecular formula is C22H28N4O4S2. The molecule has 10 heteroatoms. The molecule has 32 heavy (non-hydrogen) atoms. The summed E-state index contributed by atoms with van der Waals surface area (Å²) in [7, 11) is 1.58. The van der Waals surface area contributed by atoms with E-state index in [1.165, 1.54) is 16.7 Å². The van der Waals surface area contributed by atoms with E-state index < -0.39 is 0 Å². The van der Waals surface area contributed by atoms with Crippen LogP contribution in [0.5, 0.6) is 0 Å². The molecule has 3 heterocycles. The number of carbonyl (C=O) groups excluding carboxylic acids is 1. The van der Waals surface area contributed by atoms with Crippen LogP contribution in [0.4, 0.5) is 5.82 Å². The predicted octanol–water partition coefficient (Wildman–Crippen LogP) is 2.51. The van der Waals surface area contributed by atoms with E-state index >= 15 is 0 Å². The number of hydrogen-bond acceptors (Lipinski definition) is 8. The molecule has 8 nitrogen and oxygen atoms in total. The number of methoxy groups -OCH3 is 1. The zero-order valence-corrected chi connectivity index (χ0v) is 20.3. The largest absolute Gasteiger partial charge is 0.383 e. The molecule has 0 radical (unpaired) electrons. The van der Waals surface area contributed by atoms with Crippen LogP contribution in [0.2, 0.25) is 0 Å². The van der Waals surface area contributed by atoms with Crippen molar-refractivity contribution in [1.82, 2.24) is 9.47 Å². The summed E-state index contributed by atoms with van der Waals surface area (Å²) in [5.74, 6) is 0.555. The molecule has 1 amide bonds. The third-order valence-electron chi connectivity index (χ3n) is 5.56. The first-order chi connectivity index (χ1) is 15.4. The van der Waals surface area contributed by atoms with Gasteiger partial charge in [-0.3, -0.25) is 19.1 Å². The molecule has 2 saturated heterocycles. The number of pyridine rings is 1. The minimum absolute atomic E-state index is 0.110. The lowest BCUT2D eigenvalue weighted by atomic mass is 10.0. The molecule has 0 saturated carbocycles. The molecule has 0 atom stereocenters. The van der Waals surface area contributed by atoms with Crippen molar-refractivity contribution in [3.8, 4) is 6.07 Å². The number of morpholine rings is 1. The molecule has 1 aromatic rings. The van der Waals surface area contributed by atoms with Gasteiger partial charge in [-0.1, -0.05) is 37.3 Å². The Hall–Kier alpha value is -2.19. The van der Waals surface area contributed by atoms with Gasteiger partial charge in [0.05, 0.1) is 31.3 Å². The fraction of sp³-hybridized carbons (Fsp3) is 0.545. The number of hydrogen-bond donors (Lipinski definition) is 0. The van der Waals surface area contributed by atoms with Gasteiger partial charge in [0.15, 0.2) is 0 Å². The van der Waals surface area contributed by atoms with Crippen molar-refractivity contribution in [3.05, 3.63) is 31.9 Å². The second-order valence-electron chi connectivity index (χ2n) is 7.58. The summed E-state index contributed by atoms with van der Waals surface area (Å²) >= 11 is 6.64. The highest BCUT2D eigenvalue weighted by Crippen LogP contribution is 2.36. The van der Waals surface area contributed by atoms with E-state index in [0.717, 1.165) is 18.7 Å². The summed E-state index contributed by atoms with van der Waals surface area (Å²) in [6.07, 6.45) is 3.51. The van der Waals surface area contributed by atoms with Crippen LogP contribution in [-0.2, 0) is 20.8 Å². The molecule has 172 valence electrons. The van der Waals surface area contributed by atoms with Crippen LogP contribution in [0.1, 0.15) is 36.5 Å². The minimum atomic E-state index is -0.287. The van der Waals surface area contributed by atoms with Gasteiger partial charge in [0.2, 0.25) is 0 Å². The first kappa shape index (κ1) is 24.5. The Kier molecular flexibility index (Phi) is 8.48. The second kappa shape index (κ2) is 11.1. The van der Waals surface area contributed by atoms with Gasteiger partial charge in [0.25, 0.3) is 11.5 Å². The first-order valence-electron chi connectivity index (χ1n) is 10.7. The van der Waals surface area contributed by atoms with Gasteiger partial charge in [0, 0.05) is 32.3 Å². The Morgan fingerprint density at radius 3 is 2.62 bits per heavy atom. The highest BCUT2D eigenvalue weighted by molar-refractivity contribution is 8.26. The summed E-state index contributed by atoms with van der Waals surface area (Å²) < 4.78 is 12.8. The molecule has 2 aliphatic heterocycles. The summed E-state index contributed by atoms with van der Waals surface area (Å²) in [6, 6.07) is 2.08. The Labute approximate surface area is 197 Å². The third kappa shape index (κ3) is 4.91. The zero-order valence-electron chi connectivity index (χ0n) is 18.7. The molecule has 0 aliphatic carbocycles. The second-order valence-corrected chi connectivity index (χ2v) is 9.26. The Balaban J connectivity index is 2.18. The van der Waals surface area contributed by atoms with Crippen molar-refractivity contribution < 1.29 is 14.3 Å². The number of aromatic nitrogens is 1. The maximum atomic E-state index is 13.2. The van der Waals surface area contributed by atoms with Gasteiger partial charge in [-0.05, 0) is 25.0 Å². The number of anilines is 1. The van der Waals surface area contributed by atoms with Crippen molar-refractivity contribution in [2.75, 3.05) is 51.5 Å². The summed E-state index contributed by atoms with van der Waals surface area (Å²) in [6.45, 7) is 7.48. The monoisotopic (exact) mass is 476 g/mol. The number of thioether (sulfide) groups is 1. The van der Waals surface area contributed by atoms with Gasteiger partial charge in [0.1, 0.15) is 21.8 Å². The topological polar surface area (TPSA) is 87.8 Å². The molecule has 0 aromatic carbocycles. The van der Waals surface area contributed by atoms with Gasteiger partial charge < -0.3 is 14.4 Å². The third-order valence-corrected chi connectivity index (χ3v) is 6.94. The quantitative estimate of drug-likeness (QED) is 0.418. The van der Waals surface area contributed by atoms with Crippen LogP contribution in [0.15, 0.2) is 9.70 Å². The molecule has 3 rings (SSSR count). The van der Waals surface area contributed by atoms with Gasteiger partial charge >= 0.3 is 0 Å². The molecule has 0 N–H and O–H groups in total. The van der Waals surface area contributed by atoms with Gasteiger partial charge in [-0.2, -0.15) is 5.26 Å². The maximum Gasteiger partial charge on any atom is 0.270 e. The minimum Gasteiger partial charge on any atom is -0.383 e. The van der Waals surface area contributed by atoms with E-state index in [0.29, 0.717) is 66.4 Å². The molecule has 0 spiro atoms. The SMILES string of the molecule is CCCCn1c(N2CCOCC2)c(/C=C2/SC(=S)N(CCOC)C2=O)c(C)c(C#N)c1=O. The number of amides is 1. The predicted molar refractivity (Wildman–Crippen MR) is 130 cm³/mol. The summed E-state index contributed by atoms with van der Waals surface area (Å²) in [4.78, 5) is 30.4. The molecule has 2 fully saturated rings. The van der Waals surface area contributed by atoms with Crippen LogP contribution in [0.3, 0.4) is 0 Å². The Morgan fingerprint density at radius 1 is 1.28 bits per heavy atom. The first-order valence-corrected chi connectivity index (χ1v) is 11.9. The van der Waals surface area contributed by atoms with Crippen molar-refractivity contribution in [2.24, 2.45) is 0 Å². The van der Waals surface area contributed by atoms with Crippen LogP contribution in [-0.4, -0.2) is 66.3 Å². The molecule has 0 bridgehead atoms. The number of carbonyl (C=O) groups is 1. The number of nitriles is 1. The van der Waals surface area contributed by atoms with E-state index in [-0.39, 0.29) is 17.0 Å². The van der Waals surface area contributed by atoms with Crippen LogP contribution in [0, 0.1) is 18.3 Å². The smallest absolute Gasteiger partial charge is 0.270 e. The molecule has 1 aromatic heterocycles. The average molecular weight is 477 g/mol. The number of ether oxygens (including phenoxy) is 2. The van der Waals surface area contributed by atoms with E-state index in [2.05, 4.69) is 17.9 Å². The van der Waals surface area contributed by atoms with Crippen LogP contribution < -0.4 is 10.5 Å². The fourth-order valence-electron chi connectivity index (χ4n) is 3.79. The Morgan fingerprint density at radius 2 is 2.00 bits per heavy atom. The fourth-order valence-corrected chi connectivity index (χ4v) is 5.08. The summed E-state index contributed by atoms with van der Waals surface area (Å²) in [5, 5.41) is 9.74. The lowest BCUT2D eigenvalue weighted by Crippen LogP contribution is -2.41.